The van der Waals surface area contributed by atoms with E-state index in [1.807, 2.05) is 6.92 Å². The van der Waals surface area contributed by atoms with Crippen molar-refractivity contribution in [1.29, 1.82) is 0 Å². The Morgan fingerprint density at radius 3 is 2.70 bits per heavy atom. The van der Waals surface area contributed by atoms with Gasteiger partial charge in [-0.2, -0.15) is 4.98 Å². The van der Waals surface area contributed by atoms with Crippen molar-refractivity contribution >= 4 is 29.2 Å². The van der Waals surface area contributed by atoms with Gasteiger partial charge in [0, 0.05) is 18.9 Å². The van der Waals surface area contributed by atoms with Crippen molar-refractivity contribution in [1.82, 2.24) is 4.98 Å². The van der Waals surface area contributed by atoms with E-state index in [2.05, 4.69) is 4.98 Å². The molecule has 2 aromatic rings. The summed E-state index contributed by atoms with van der Waals surface area (Å²) in [4.78, 5) is 29.6. The number of alkyl halides is 1. The Morgan fingerprint density at radius 2 is 2.07 bits per heavy atom. The summed E-state index contributed by atoms with van der Waals surface area (Å²) in [6, 6.07) is 7.44. The van der Waals surface area contributed by atoms with Gasteiger partial charge in [0.15, 0.2) is 0 Å². The maximum Gasteiger partial charge on any atom is 0.309 e. The summed E-state index contributed by atoms with van der Waals surface area (Å²) < 4.78 is 24.0. The van der Waals surface area contributed by atoms with Gasteiger partial charge in [0.25, 0.3) is 0 Å². The number of halogens is 2. The van der Waals surface area contributed by atoms with E-state index in [-0.39, 0.29) is 42.0 Å². The third kappa shape index (κ3) is 4.19. The maximum atomic E-state index is 13.2. The lowest BCUT2D eigenvalue weighted by atomic mass is 10.0. The quantitative estimate of drug-likeness (QED) is 0.590. The van der Waals surface area contributed by atoms with E-state index in [0.717, 1.165) is 5.56 Å². The van der Waals surface area contributed by atoms with Crippen molar-refractivity contribution in [3.05, 3.63) is 47.3 Å². The zero-order chi connectivity index (χ0) is 19.6. The molecule has 0 spiro atoms. The summed E-state index contributed by atoms with van der Waals surface area (Å²) in [5, 5.41) is 0. The first kappa shape index (κ1) is 19.1. The van der Waals surface area contributed by atoms with Gasteiger partial charge in [-0.05, 0) is 30.7 Å². The Labute approximate surface area is 160 Å². The van der Waals surface area contributed by atoms with Gasteiger partial charge in [0.1, 0.15) is 24.0 Å². The van der Waals surface area contributed by atoms with Gasteiger partial charge in [-0.3, -0.25) is 9.59 Å². The minimum absolute atomic E-state index is 0.0957. The molecule has 1 atom stereocenters. The standard InChI is InChI=1S/C19H18ClFN2O4/c1-11-10-26-19-16(23(11)17(25)9-20)8-14(18(22-19)27-12(2)24)7-13-3-5-15(21)6-4-13/h3-6,8,11H,7,9-10H2,1-2H3. The molecule has 1 aliphatic rings. The second kappa shape index (κ2) is 7.92. The number of carbonyl (C=O) groups excluding carboxylic acids is 2. The van der Waals surface area contributed by atoms with Gasteiger partial charge in [-0.1, -0.05) is 12.1 Å². The summed E-state index contributed by atoms with van der Waals surface area (Å²) in [5.74, 6) is -1.03. The molecule has 1 aromatic heterocycles. The smallest absolute Gasteiger partial charge is 0.309 e. The molecular weight excluding hydrogens is 375 g/mol. The Bertz CT molecular complexity index is 873. The zero-order valence-corrected chi connectivity index (χ0v) is 15.6. The first-order valence-electron chi connectivity index (χ1n) is 8.36. The molecule has 1 aromatic carbocycles. The first-order valence-corrected chi connectivity index (χ1v) is 8.90. The van der Waals surface area contributed by atoms with Gasteiger partial charge in [-0.15, -0.1) is 11.6 Å². The monoisotopic (exact) mass is 392 g/mol. The molecule has 0 saturated carbocycles. The third-order valence-corrected chi connectivity index (χ3v) is 4.33. The predicted molar refractivity (Wildman–Crippen MR) is 97.9 cm³/mol. The molecule has 2 heterocycles. The average molecular weight is 393 g/mol. The summed E-state index contributed by atoms with van der Waals surface area (Å²) in [7, 11) is 0. The Balaban J connectivity index is 2.06. The molecule has 1 unspecified atom stereocenters. The van der Waals surface area contributed by atoms with E-state index in [0.29, 0.717) is 17.7 Å². The normalized spacial score (nSPS) is 15.7. The number of aromatic nitrogens is 1. The zero-order valence-electron chi connectivity index (χ0n) is 14.9. The Hall–Kier alpha value is -2.67. The van der Waals surface area contributed by atoms with E-state index in [9.17, 15) is 14.0 Å². The largest absolute Gasteiger partial charge is 0.474 e. The fourth-order valence-corrected chi connectivity index (χ4v) is 3.05. The van der Waals surface area contributed by atoms with E-state index in [1.165, 1.54) is 24.0 Å². The van der Waals surface area contributed by atoms with Crippen molar-refractivity contribution < 1.29 is 23.5 Å². The number of amides is 1. The van der Waals surface area contributed by atoms with Gasteiger partial charge in [0.05, 0.1) is 6.04 Å². The number of ether oxygens (including phenoxy) is 2. The lowest BCUT2D eigenvalue weighted by Gasteiger charge is -2.34. The number of carbonyl (C=O) groups is 2. The highest BCUT2D eigenvalue weighted by atomic mass is 35.5. The van der Waals surface area contributed by atoms with E-state index < -0.39 is 5.97 Å². The molecule has 6 nitrogen and oxygen atoms in total. The van der Waals surface area contributed by atoms with Gasteiger partial charge in [0.2, 0.25) is 17.7 Å². The van der Waals surface area contributed by atoms with Gasteiger partial charge < -0.3 is 14.4 Å². The number of pyridine rings is 1. The molecule has 0 aliphatic carbocycles. The minimum Gasteiger partial charge on any atom is -0.474 e. The molecule has 0 N–H and O–H groups in total. The van der Waals surface area contributed by atoms with Crippen LogP contribution in [0.25, 0.3) is 0 Å². The predicted octanol–water partition coefficient (Wildman–Crippen LogP) is 3.09. The highest BCUT2D eigenvalue weighted by Gasteiger charge is 2.31. The number of benzene rings is 1. The van der Waals surface area contributed by atoms with Crippen molar-refractivity contribution in [2.24, 2.45) is 0 Å². The average Bonchev–Trinajstić information content (AvgIpc) is 2.63. The molecule has 1 amide bonds. The van der Waals surface area contributed by atoms with Crippen LogP contribution in [0.5, 0.6) is 11.8 Å². The van der Waals surface area contributed by atoms with Crippen LogP contribution in [0.3, 0.4) is 0 Å². The van der Waals surface area contributed by atoms with Crippen LogP contribution in [0.15, 0.2) is 30.3 Å². The molecule has 0 bridgehead atoms. The fourth-order valence-electron chi connectivity index (χ4n) is 2.92. The van der Waals surface area contributed by atoms with Gasteiger partial charge >= 0.3 is 5.97 Å². The summed E-state index contributed by atoms with van der Waals surface area (Å²) in [5.41, 5.74) is 1.83. The fraction of sp³-hybridized carbons (Fsp3) is 0.316. The van der Waals surface area contributed by atoms with Crippen molar-refractivity contribution in [2.75, 3.05) is 17.4 Å². The van der Waals surface area contributed by atoms with Crippen LogP contribution in [0.4, 0.5) is 10.1 Å². The van der Waals surface area contributed by atoms with Crippen LogP contribution in [-0.2, 0) is 16.0 Å². The highest BCUT2D eigenvalue weighted by Crippen LogP contribution is 2.37. The molecule has 0 radical (unpaired) electrons. The lowest BCUT2D eigenvalue weighted by Crippen LogP contribution is -2.46. The topological polar surface area (TPSA) is 68.7 Å². The molecule has 8 heteroatoms. The first-order chi connectivity index (χ1) is 12.9. The van der Waals surface area contributed by atoms with Crippen LogP contribution < -0.4 is 14.4 Å². The number of anilines is 1. The van der Waals surface area contributed by atoms with Crippen LogP contribution in [0.2, 0.25) is 0 Å². The number of hydrogen-bond acceptors (Lipinski definition) is 5. The molecule has 0 saturated heterocycles. The minimum atomic E-state index is -0.527. The third-order valence-electron chi connectivity index (χ3n) is 4.10. The maximum absolute atomic E-state index is 13.2. The second-order valence-corrected chi connectivity index (χ2v) is 6.50. The van der Waals surface area contributed by atoms with Gasteiger partial charge in [-0.25, -0.2) is 4.39 Å². The van der Waals surface area contributed by atoms with Crippen molar-refractivity contribution in [3.8, 4) is 11.8 Å². The molecule has 142 valence electrons. The molecule has 0 fully saturated rings. The van der Waals surface area contributed by atoms with E-state index in [1.54, 1.807) is 18.2 Å². The number of fused-ring (bicyclic) bond motifs is 1. The lowest BCUT2D eigenvalue weighted by molar-refractivity contribution is -0.132. The van der Waals surface area contributed by atoms with Crippen LogP contribution in [-0.4, -0.2) is 35.4 Å². The SMILES string of the molecule is CC(=O)Oc1nc2c(cc1Cc1ccc(F)cc1)N(C(=O)CCl)C(C)CO2. The molecule has 27 heavy (non-hydrogen) atoms. The van der Waals surface area contributed by atoms with Crippen molar-refractivity contribution in [3.63, 3.8) is 0 Å². The van der Waals surface area contributed by atoms with Crippen LogP contribution in [0, 0.1) is 5.82 Å². The van der Waals surface area contributed by atoms with Crippen molar-refractivity contribution in [2.45, 2.75) is 26.3 Å². The number of hydrogen-bond donors (Lipinski definition) is 0. The van der Waals surface area contributed by atoms with Crippen LogP contribution in [0.1, 0.15) is 25.0 Å². The Morgan fingerprint density at radius 1 is 1.37 bits per heavy atom. The van der Waals surface area contributed by atoms with E-state index >= 15 is 0 Å². The molecular formula is C19H18ClFN2O4. The number of rotatable bonds is 4. The highest BCUT2D eigenvalue weighted by molar-refractivity contribution is 6.29. The number of nitrogens with zero attached hydrogens (tertiary/aromatic N) is 2. The Kier molecular flexibility index (Phi) is 5.60. The number of esters is 1. The summed E-state index contributed by atoms with van der Waals surface area (Å²) >= 11 is 5.74. The summed E-state index contributed by atoms with van der Waals surface area (Å²) in [6.45, 7) is 3.36. The van der Waals surface area contributed by atoms with E-state index in [4.69, 9.17) is 21.1 Å². The molecule has 3 rings (SSSR count). The summed E-state index contributed by atoms with van der Waals surface area (Å²) in [6.07, 6.45) is 0.334. The second-order valence-electron chi connectivity index (χ2n) is 6.23. The van der Waals surface area contributed by atoms with Crippen LogP contribution >= 0.6 is 11.6 Å². The molecule has 1 aliphatic heterocycles.